The van der Waals surface area contributed by atoms with Gasteiger partial charge in [-0.15, -0.1) is 10.2 Å². The van der Waals surface area contributed by atoms with Gasteiger partial charge >= 0.3 is 18.3 Å². The highest BCUT2D eigenvalue weighted by Gasteiger charge is 2.32. The molecule has 3 amide bonds. The Hall–Kier alpha value is -4.75. The Morgan fingerprint density at radius 1 is 0.949 bits per heavy atom. The first kappa shape index (κ1) is 28.8. The van der Waals surface area contributed by atoms with Crippen LogP contribution >= 0.6 is 0 Å². The normalized spacial score (nSPS) is 11.6. The minimum atomic E-state index is -1.39. The number of aromatic nitrogens is 3. The highest BCUT2D eigenvalue weighted by molar-refractivity contribution is 5.89. The smallest absolute Gasteiger partial charge is 0.419 e. The average molecular weight is 543 g/mol. The molecule has 0 aliphatic heterocycles. The van der Waals surface area contributed by atoms with Crippen LogP contribution in [-0.4, -0.2) is 72.3 Å². The number of nitro benzene ring substituents is 1. The fourth-order valence-electron chi connectivity index (χ4n) is 3.43. The topological polar surface area (TPSA) is 170 Å². The summed E-state index contributed by atoms with van der Waals surface area (Å²) >= 11 is 0. The second kappa shape index (κ2) is 10.9. The number of nitrogens with zero attached hydrogens (tertiary/aromatic N) is 6. The minimum absolute atomic E-state index is 0.0494. The predicted octanol–water partition coefficient (Wildman–Crippen LogP) is 4.99. The Morgan fingerprint density at radius 2 is 1.56 bits per heavy atom. The second-order valence-electron chi connectivity index (χ2n) is 10.5. The highest BCUT2D eigenvalue weighted by atomic mass is 16.6. The van der Waals surface area contributed by atoms with Crippen molar-refractivity contribution in [2.24, 2.45) is 0 Å². The number of carboxylic acid groups (broad SMARTS) is 1. The molecule has 3 rings (SSSR count). The number of hydrogen-bond acceptors (Lipinski definition) is 9. The van der Waals surface area contributed by atoms with Gasteiger partial charge in [0.05, 0.1) is 17.0 Å². The van der Waals surface area contributed by atoms with Crippen molar-refractivity contribution in [3.63, 3.8) is 0 Å². The quantitative estimate of drug-likeness (QED) is 0.331. The van der Waals surface area contributed by atoms with E-state index in [9.17, 15) is 29.6 Å². The maximum atomic E-state index is 12.7. The van der Waals surface area contributed by atoms with Gasteiger partial charge in [-0.1, -0.05) is 0 Å². The molecular weight excluding hydrogens is 512 g/mol. The van der Waals surface area contributed by atoms with E-state index >= 15 is 0 Å². The van der Waals surface area contributed by atoms with Gasteiger partial charge in [-0.25, -0.2) is 19.3 Å². The van der Waals surface area contributed by atoms with E-state index in [0.29, 0.717) is 21.6 Å². The molecule has 0 aliphatic carbocycles. The number of nitro groups is 1. The van der Waals surface area contributed by atoms with Crippen LogP contribution in [0.15, 0.2) is 42.6 Å². The molecule has 208 valence electrons. The fraction of sp³-hybridized carbons (Fsp3) is 0.400. The summed E-state index contributed by atoms with van der Waals surface area (Å²) in [5.41, 5.74) is -1.22. The van der Waals surface area contributed by atoms with E-state index in [1.165, 1.54) is 24.3 Å². The number of carbonyl (C=O) groups is 3. The van der Waals surface area contributed by atoms with E-state index in [4.69, 9.17) is 9.47 Å². The molecule has 3 aromatic rings. The largest absolute Gasteiger partial charge is 0.465 e. The Bertz CT molecular complexity index is 1360. The summed E-state index contributed by atoms with van der Waals surface area (Å²) in [6.07, 6.45) is -1.69. The summed E-state index contributed by atoms with van der Waals surface area (Å²) in [6.45, 7) is 9.09. The number of non-ortho nitro benzene ring substituents is 1. The zero-order valence-corrected chi connectivity index (χ0v) is 22.4. The lowest BCUT2D eigenvalue weighted by molar-refractivity contribution is -0.384. The molecule has 0 aliphatic rings. The van der Waals surface area contributed by atoms with Crippen LogP contribution in [0.1, 0.15) is 41.5 Å². The van der Waals surface area contributed by atoms with Crippen molar-refractivity contribution in [1.82, 2.24) is 19.7 Å². The van der Waals surface area contributed by atoms with Crippen LogP contribution in [0, 0.1) is 10.1 Å². The van der Waals surface area contributed by atoms with Crippen molar-refractivity contribution in [1.29, 1.82) is 0 Å². The molecule has 14 nitrogen and oxygen atoms in total. The number of carbonyl (C=O) groups excluding carboxylic acids is 2. The fourth-order valence-corrected chi connectivity index (χ4v) is 3.43. The highest BCUT2D eigenvalue weighted by Crippen LogP contribution is 2.24. The van der Waals surface area contributed by atoms with Gasteiger partial charge in [-0.3, -0.25) is 19.6 Å². The Balaban J connectivity index is 1.83. The maximum Gasteiger partial charge on any atom is 0.419 e. The van der Waals surface area contributed by atoms with Crippen LogP contribution in [0.4, 0.5) is 25.9 Å². The van der Waals surface area contributed by atoms with Gasteiger partial charge in [0.25, 0.3) is 5.69 Å². The van der Waals surface area contributed by atoms with E-state index in [2.05, 4.69) is 10.2 Å². The molecule has 0 unspecified atom stereocenters. The van der Waals surface area contributed by atoms with Crippen LogP contribution in [0.3, 0.4) is 0 Å². The summed E-state index contributed by atoms with van der Waals surface area (Å²) in [5, 5.41) is 29.6. The van der Waals surface area contributed by atoms with Gasteiger partial charge in [0, 0.05) is 30.3 Å². The van der Waals surface area contributed by atoms with E-state index < -0.39 is 34.4 Å². The molecule has 2 aromatic heterocycles. The number of rotatable bonds is 6. The number of ether oxygens (including phenoxy) is 2. The maximum absolute atomic E-state index is 12.7. The molecule has 14 heteroatoms. The van der Waals surface area contributed by atoms with Crippen molar-refractivity contribution in [2.75, 3.05) is 18.0 Å². The summed E-state index contributed by atoms with van der Waals surface area (Å²) in [5.74, 6) is 0.295. The molecule has 1 aromatic carbocycles. The Morgan fingerprint density at radius 3 is 2.05 bits per heavy atom. The number of amides is 3. The van der Waals surface area contributed by atoms with Gasteiger partial charge < -0.3 is 14.6 Å². The SMILES string of the molecule is CC(C)(C)OC(=O)N(CCN(C(=O)O)c1ccc(-n2ccc3cc([N+](=O)[O-])ccc32)nn1)C(=O)OC(C)(C)C. The first-order valence-electron chi connectivity index (χ1n) is 11.9. The Labute approximate surface area is 223 Å². The number of hydrogen-bond donors (Lipinski definition) is 1. The molecule has 1 N–H and O–H groups in total. The molecule has 0 saturated heterocycles. The standard InChI is InChI=1S/C25H30N6O8/c1-24(2,3)38-22(34)30(23(35)39-25(4,5)6)14-13-29(21(32)33)20-10-9-19(26-27-20)28-12-11-16-15-17(31(36)37)7-8-18(16)28/h7-12,15H,13-14H2,1-6H3,(H,32,33). The summed E-state index contributed by atoms with van der Waals surface area (Å²) in [4.78, 5) is 49.5. The van der Waals surface area contributed by atoms with Crippen LogP contribution < -0.4 is 4.90 Å². The van der Waals surface area contributed by atoms with Gasteiger partial charge in [0.1, 0.15) is 11.2 Å². The zero-order valence-electron chi connectivity index (χ0n) is 22.4. The number of benzene rings is 1. The molecule has 0 fully saturated rings. The molecule has 0 bridgehead atoms. The average Bonchev–Trinajstić information content (AvgIpc) is 3.22. The lowest BCUT2D eigenvalue weighted by atomic mass is 10.2. The summed E-state index contributed by atoms with van der Waals surface area (Å²) in [7, 11) is 0. The molecule has 0 saturated carbocycles. The molecule has 0 spiro atoms. The van der Waals surface area contributed by atoms with Crippen molar-refractivity contribution in [3.05, 3.63) is 52.7 Å². The molecule has 0 atom stereocenters. The van der Waals surface area contributed by atoms with Crippen LogP contribution in [0.5, 0.6) is 0 Å². The van der Waals surface area contributed by atoms with E-state index in [1.54, 1.807) is 64.4 Å². The monoisotopic (exact) mass is 542 g/mol. The van der Waals surface area contributed by atoms with Crippen LogP contribution in [0.25, 0.3) is 16.7 Å². The summed E-state index contributed by atoms with van der Waals surface area (Å²) < 4.78 is 12.2. The lowest BCUT2D eigenvalue weighted by Crippen LogP contribution is -2.47. The number of fused-ring (bicyclic) bond motifs is 1. The van der Waals surface area contributed by atoms with E-state index in [1.807, 2.05) is 0 Å². The van der Waals surface area contributed by atoms with Gasteiger partial charge in [0.2, 0.25) is 0 Å². The third-order valence-corrected chi connectivity index (χ3v) is 5.05. The summed E-state index contributed by atoms with van der Waals surface area (Å²) in [6, 6.07) is 9.00. The molecule has 0 radical (unpaired) electrons. The van der Waals surface area contributed by atoms with Gasteiger partial charge in [0.15, 0.2) is 11.6 Å². The molecule has 39 heavy (non-hydrogen) atoms. The number of imide groups is 1. The number of anilines is 1. The van der Waals surface area contributed by atoms with E-state index in [-0.39, 0.29) is 24.6 Å². The van der Waals surface area contributed by atoms with Gasteiger partial charge in [-0.2, -0.15) is 0 Å². The van der Waals surface area contributed by atoms with Crippen molar-refractivity contribution >= 4 is 40.7 Å². The first-order valence-corrected chi connectivity index (χ1v) is 11.9. The first-order chi connectivity index (χ1) is 18.1. The Kier molecular flexibility index (Phi) is 8.08. The lowest BCUT2D eigenvalue weighted by Gasteiger charge is -2.29. The van der Waals surface area contributed by atoms with Gasteiger partial charge in [-0.05, 0) is 65.8 Å². The van der Waals surface area contributed by atoms with E-state index in [0.717, 1.165) is 4.90 Å². The van der Waals surface area contributed by atoms with Crippen molar-refractivity contribution < 1.29 is 33.9 Å². The van der Waals surface area contributed by atoms with Crippen molar-refractivity contribution in [2.45, 2.75) is 52.7 Å². The molecule has 2 heterocycles. The second-order valence-corrected chi connectivity index (χ2v) is 10.5. The third-order valence-electron chi connectivity index (χ3n) is 5.05. The predicted molar refractivity (Wildman–Crippen MR) is 140 cm³/mol. The minimum Gasteiger partial charge on any atom is -0.465 e. The van der Waals surface area contributed by atoms with Crippen LogP contribution in [-0.2, 0) is 9.47 Å². The molecular formula is C25H30N6O8. The zero-order chi connectivity index (χ0) is 29.1. The van der Waals surface area contributed by atoms with Crippen molar-refractivity contribution in [3.8, 4) is 5.82 Å². The third kappa shape index (κ3) is 7.40. The van der Waals surface area contributed by atoms with Crippen LogP contribution in [0.2, 0.25) is 0 Å².